The summed E-state index contributed by atoms with van der Waals surface area (Å²) in [6.07, 6.45) is 1.52. The first-order valence-electron chi connectivity index (χ1n) is 9.06. The fourth-order valence-electron chi connectivity index (χ4n) is 3.32. The van der Waals surface area contributed by atoms with Crippen LogP contribution in [0.2, 0.25) is 0 Å². The lowest BCUT2D eigenvalue weighted by Crippen LogP contribution is -2.15. The van der Waals surface area contributed by atoms with E-state index in [0.29, 0.717) is 12.4 Å². The smallest absolute Gasteiger partial charge is 0.128 e. The molecule has 4 rings (SSSR count). The third-order valence-electron chi connectivity index (χ3n) is 4.82. The molecule has 1 heterocycles. The molecule has 0 saturated carbocycles. The van der Waals surface area contributed by atoms with Gasteiger partial charge in [0.25, 0.3) is 0 Å². The number of phenols is 1. The highest BCUT2D eigenvalue weighted by Gasteiger charge is 2.24. The van der Waals surface area contributed by atoms with Gasteiger partial charge in [0.05, 0.1) is 7.11 Å². The SMILES string of the molecule is COc1ccc(C2CCc3ccc(OCc4ccccc4)cc3O2)c(O)c1. The van der Waals surface area contributed by atoms with Crippen molar-refractivity contribution in [2.75, 3.05) is 7.11 Å². The van der Waals surface area contributed by atoms with Crippen molar-refractivity contribution < 1.29 is 19.3 Å². The average molecular weight is 362 g/mol. The fourth-order valence-corrected chi connectivity index (χ4v) is 3.32. The van der Waals surface area contributed by atoms with E-state index in [9.17, 15) is 5.11 Å². The molecule has 138 valence electrons. The van der Waals surface area contributed by atoms with E-state index in [-0.39, 0.29) is 11.9 Å². The van der Waals surface area contributed by atoms with Crippen LogP contribution in [0.4, 0.5) is 0 Å². The molecular formula is C23H22O4. The first-order chi connectivity index (χ1) is 13.2. The van der Waals surface area contributed by atoms with Crippen LogP contribution in [0.5, 0.6) is 23.0 Å². The van der Waals surface area contributed by atoms with Crippen LogP contribution in [0.1, 0.15) is 29.2 Å². The predicted molar refractivity (Wildman–Crippen MR) is 104 cm³/mol. The van der Waals surface area contributed by atoms with Crippen molar-refractivity contribution in [2.45, 2.75) is 25.6 Å². The summed E-state index contributed by atoms with van der Waals surface area (Å²) in [7, 11) is 1.58. The van der Waals surface area contributed by atoms with E-state index in [0.717, 1.165) is 41.0 Å². The molecule has 3 aromatic carbocycles. The van der Waals surface area contributed by atoms with E-state index in [2.05, 4.69) is 6.07 Å². The largest absolute Gasteiger partial charge is 0.507 e. The maximum Gasteiger partial charge on any atom is 0.128 e. The maximum absolute atomic E-state index is 10.3. The molecule has 1 aliphatic rings. The van der Waals surface area contributed by atoms with Crippen LogP contribution in [-0.4, -0.2) is 12.2 Å². The quantitative estimate of drug-likeness (QED) is 0.690. The number of hydrogen-bond donors (Lipinski definition) is 1. The van der Waals surface area contributed by atoms with E-state index >= 15 is 0 Å². The number of hydrogen-bond acceptors (Lipinski definition) is 4. The zero-order valence-corrected chi connectivity index (χ0v) is 15.2. The number of rotatable bonds is 5. The Kier molecular flexibility index (Phi) is 4.88. The van der Waals surface area contributed by atoms with Gasteiger partial charge in [-0.2, -0.15) is 0 Å². The number of fused-ring (bicyclic) bond motifs is 1. The molecule has 0 spiro atoms. The van der Waals surface area contributed by atoms with E-state index in [1.54, 1.807) is 13.2 Å². The van der Waals surface area contributed by atoms with Gasteiger partial charge in [-0.1, -0.05) is 36.4 Å². The van der Waals surface area contributed by atoms with Crippen LogP contribution in [0, 0.1) is 0 Å². The monoisotopic (exact) mass is 362 g/mol. The summed E-state index contributed by atoms with van der Waals surface area (Å²) in [6.45, 7) is 0.516. The summed E-state index contributed by atoms with van der Waals surface area (Å²) in [5.74, 6) is 2.41. The molecule has 0 saturated heterocycles. The molecule has 0 radical (unpaired) electrons. The van der Waals surface area contributed by atoms with E-state index in [1.807, 2.05) is 54.6 Å². The molecule has 3 aromatic rings. The van der Waals surface area contributed by atoms with E-state index in [1.165, 1.54) is 0 Å². The number of aromatic hydroxyl groups is 1. The Morgan fingerprint density at radius 2 is 1.81 bits per heavy atom. The Labute approximate surface area is 158 Å². The molecule has 0 bridgehead atoms. The molecule has 1 N–H and O–H groups in total. The Bertz CT molecular complexity index is 921. The van der Waals surface area contributed by atoms with Gasteiger partial charge in [-0.3, -0.25) is 0 Å². The second kappa shape index (κ2) is 7.62. The van der Waals surface area contributed by atoms with Crippen molar-refractivity contribution in [1.82, 2.24) is 0 Å². The molecule has 1 unspecified atom stereocenters. The first kappa shape index (κ1) is 17.3. The van der Waals surface area contributed by atoms with Gasteiger partial charge in [0.2, 0.25) is 0 Å². The number of benzene rings is 3. The van der Waals surface area contributed by atoms with Gasteiger partial charge in [-0.25, -0.2) is 0 Å². The summed E-state index contributed by atoms with van der Waals surface area (Å²) >= 11 is 0. The van der Waals surface area contributed by atoms with E-state index in [4.69, 9.17) is 14.2 Å². The minimum Gasteiger partial charge on any atom is -0.507 e. The minimum atomic E-state index is -0.187. The standard InChI is InChI=1S/C23H22O4/c1-25-18-10-11-20(21(24)13-18)22-12-8-17-7-9-19(14-23(17)27-22)26-15-16-5-3-2-4-6-16/h2-7,9-11,13-14,22,24H,8,12,15H2,1H3. The van der Waals surface area contributed by atoms with Crippen LogP contribution in [-0.2, 0) is 13.0 Å². The van der Waals surface area contributed by atoms with Gasteiger partial charge in [-0.05, 0) is 42.2 Å². The topological polar surface area (TPSA) is 47.9 Å². The van der Waals surface area contributed by atoms with Gasteiger partial charge in [-0.15, -0.1) is 0 Å². The molecule has 4 nitrogen and oxygen atoms in total. The highest BCUT2D eigenvalue weighted by Crippen LogP contribution is 2.40. The van der Waals surface area contributed by atoms with Crippen LogP contribution in [0.3, 0.4) is 0 Å². The lowest BCUT2D eigenvalue weighted by molar-refractivity contribution is 0.171. The van der Waals surface area contributed by atoms with E-state index < -0.39 is 0 Å². The average Bonchev–Trinajstić information content (AvgIpc) is 2.72. The van der Waals surface area contributed by atoms with Gasteiger partial charge in [0.1, 0.15) is 35.7 Å². The van der Waals surface area contributed by atoms with Crippen molar-refractivity contribution in [3.05, 3.63) is 83.4 Å². The van der Waals surface area contributed by atoms with Crippen LogP contribution >= 0.6 is 0 Å². The molecule has 0 amide bonds. The summed E-state index contributed by atoms with van der Waals surface area (Å²) in [4.78, 5) is 0. The highest BCUT2D eigenvalue weighted by molar-refractivity contribution is 5.46. The number of phenolic OH excluding ortho intramolecular Hbond substituents is 1. The van der Waals surface area contributed by atoms with Gasteiger partial charge < -0.3 is 19.3 Å². The number of ether oxygens (including phenoxy) is 3. The lowest BCUT2D eigenvalue weighted by atomic mass is 9.96. The second-order valence-electron chi connectivity index (χ2n) is 6.61. The number of aryl methyl sites for hydroxylation is 1. The Morgan fingerprint density at radius 1 is 1.00 bits per heavy atom. The minimum absolute atomic E-state index is 0.187. The lowest BCUT2D eigenvalue weighted by Gasteiger charge is -2.27. The molecule has 1 atom stereocenters. The van der Waals surface area contributed by atoms with Gasteiger partial charge >= 0.3 is 0 Å². The van der Waals surface area contributed by atoms with Crippen molar-refractivity contribution in [1.29, 1.82) is 0 Å². The maximum atomic E-state index is 10.3. The third-order valence-corrected chi connectivity index (χ3v) is 4.82. The number of methoxy groups -OCH3 is 1. The van der Waals surface area contributed by atoms with Crippen molar-refractivity contribution in [2.24, 2.45) is 0 Å². The van der Waals surface area contributed by atoms with Gasteiger partial charge in [0, 0.05) is 17.7 Å². The normalized spacial score (nSPS) is 15.5. The Hall–Kier alpha value is -3.14. The summed E-state index contributed by atoms with van der Waals surface area (Å²) in [6, 6.07) is 21.4. The molecular weight excluding hydrogens is 340 g/mol. The molecule has 4 heteroatoms. The van der Waals surface area contributed by atoms with Gasteiger partial charge in [0.15, 0.2) is 0 Å². The summed E-state index contributed by atoms with van der Waals surface area (Å²) < 4.78 is 17.2. The summed E-state index contributed by atoms with van der Waals surface area (Å²) in [5.41, 5.74) is 3.06. The Balaban J connectivity index is 1.50. The van der Waals surface area contributed by atoms with Crippen LogP contribution in [0.15, 0.2) is 66.7 Å². The predicted octanol–water partition coefficient (Wildman–Crippen LogP) is 5.05. The molecule has 0 aliphatic carbocycles. The third kappa shape index (κ3) is 3.85. The molecule has 1 aliphatic heterocycles. The molecule has 0 aromatic heterocycles. The Morgan fingerprint density at radius 3 is 2.59 bits per heavy atom. The summed E-state index contributed by atoms with van der Waals surface area (Å²) in [5, 5.41) is 10.3. The van der Waals surface area contributed by atoms with Crippen molar-refractivity contribution in [3.63, 3.8) is 0 Å². The zero-order valence-electron chi connectivity index (χ0n) is 15.2. The van der Waals surface area contributed by atoms with Crippen LogP contribution < -0.4 is 14.2 Å². The fraction of sp³-hybridized carbons (Fsp3) is 0.217. The van der Waals surface area contributed by atoms with Crippen LogP contribution in [0.25, 0.3) is 0 Å². The second-order valence-corrected chi connectivity index (χ2v) is 6.61. The van der Waals surface area contributed by atoms with Crippen molar-refractivity contribution in [3.8, 4) is 23.0 Å². The van der Waals surface area contributed by atoms with Crippen molar-refractivity contribution >= 4 is 0 Å². The highest BCUT2D eigenvalue weighted by atomic mass is 16.5. The molecule has 0 fully saturated rings. The first-order valence-corrected chi connectivity index (χ1v) is 9.06. The molecule has 27 heavy (non-hydrogen) atoms. The zero-order chi connectivity index (χ0) is 18.6.